The maximum Gasteiger partial charge on any atom is 0.257 e. The molecule has 0 radical (unpaired) electrons. The molecule has 0 saturated heterocycles. The number of nitrogens with one attached hydrogen (secondary N) is 1. The lowest BCUT2D eigenvalue weighted by Crippen LogP contribution is -2.18. The molecule has 0 aliphatic heterocycles. The normalized spacial score (nSPS) is 10.2. The molecule has 104 valence electrons. The number of nitrogens with two attached hydrogens (primary N) is 2. The quantitative estimate of drug-likeness (QED) is 0.699. The number of rotatable bonds is 4. The monoisotopic (exact) mass is 277 g/mol. The van der Waals surface area contributed by atoms with Crippen molar-refractivity contribution >= 4 is 23.2 Å². The van der Waals surface area contributed by atoms with Crippen LogP contribution in [0.2, 0.25) is 0 Å². The zero-order chi connectivity index (χ0) is 14.7. The number of hydrogen-bond donors (Lipinski definition) is 3. The molecule has 2 rings (SSSR count). The van der Waals surface area contributed by atoms with Gasteiger partial charge in [-0.25, -0.2) is 4.39 Å². The first kappa shape index (κ1) is 13.5. The number of aromatic nitrogens is 2. The molecule has 2 aromatic rings. The van der Waals surface area contributed by atoms with Crippen molar-refractivity contribution in [1.29, 1.82) is 0 Å². The van der Waals surface area contributed by atoms with E-state index in [2.05, 4.69) is 10.4 Å². The van der Waals surface area contributed by atoms with Crippen LogP contribution in [0.1, 0.15) is 10.4 Å². The lowest BCUT2D eigenvalue weighted by atomic mass is 10.1. The number of benzene rings is 1. The van der Waals surface area contributed by atoms with Gasteiger partial charge in [-0.15, -0.1) is 0 Å². The molecule has 1 aromatic carbocycles. The Morgan fingerprint density at radius 1 is 1.40 bits per heavy atom. The molecule has 0 bridgehead atoms. The summed E-state index contributed by atoms with van der Waals surface area (Å²) in [4.78, 5) is 22.7. The van der Waals surface area contributed by atoms with E-state index in [0.717, 1.165) is 12.1 Å². The van der Waals surface area contributed by atoms with E-state index in [4.69, 9.17) is 11.5 Å². The summed E-state index contributed by atoms with van der Waals surface area (Å²) in [7, 11) is 0. The SMILES string of the molecule is NC(=O)Cn1cc(NC(=O)c2cc(F)ccc2N)cn1. The molecular formula is C12H12FN5O2. The lowest BCUT2D eigenvalue weighted by Gasteiger charge is -2.05. The van der Waals surface area contributed by atoms with Crippen molar-refractivity contribution in [3.63, 3.8) is 0 Å². The van der Waals surface area contributed by atoms with Gasteiger partial charge in [-0.2, -0.15) is 5.10 Å². The number of primary amides is 1. The molecular weight excluding hydrogens is 265 g/mol. The van der Waals surface area contributed by atoms with Gasteiger partial charge in [0.25, 0.3) is 5.91 Å². The number of nitrogen functional groups attached to an aromatic ring is 1. The first-order valence-corrected chi connectivity index (χ1v) is 5.63. The topological polar surface area (TPSA) is 116 Å². The average molecular weight is 277 g/mol. The molecule has 5 N–H and O–H groups in total. The van der Waals surface area contributed by atoms with Crippen LogP contribution in [0.4, 0.5) is 15.8 Å². The minimum atomic E-state index is -0.569. The number of halogens is 1. The Balaban J connectivity index is 2.13. The first-order valence-electron chi connectivity index (χ1n) is 5.63. The summed E-state index contributed by atoms with van der Waals surface area (Å²) in [5.74, 6) is -1.69. The van der Waals surface area contributed by atoms with Crippen molar-refractivity contribution in [2.45, 2.75) is 6.54 Å². The second-order valence-electron chi connectivity index (χ2n) is 4.08. The van der Waals surface area contributed by atoms with Gasteiger partial charge in [0, 0.05) is 11.9 Å². The molecule has 8 heteroatoms. The molecule has 1 aromatic heterocycles. The minimum absolute atomic E-state index is 0.0210. The highest BCUT2D eigenvalue weighted by Gasteiger charge is 2.12. The zero-order valence-electron chi connectivity index (χ0n) is 10.3. The van der Waals surface area contributed by atoms with E-state index >= 15 is 0 Å². The fraction of sp³-hybridized carbons (Fsp3) is 0.0833. The predicted molar refractivity (Wildman–Crippen MR) is 70.2 cm³/mol. The number of nitrogens with zero attached hydrogens (tertiary/aromatic N) is 2. The largest absolute Gasteiger partial charge is 0.398 e. The summed E-state index contributed by atoms with van der Waals surface area (Å²) in [5, 5.41) is 6.34. The van der Waals surface area contributed by atoms with E-state index in [0.29, 0.717) is 5.69 Å². The summed E-state index contributed by atoms with van der Waals surface area (Å²) in [6.07, 6.45) is 2.77. The summed E-state index contributed by atoms with van der Waals surface area (Å²) in [6, 6.07) is 3.51. The van der Waals surface area contributed by atoms with Crippen LogP contribution < -0.4 is 16.8 Å². The third-order valence-electron chi connectivity index (χ3n) is 2.47. The van der Waals surface area contributed by atoms with Crippen molar-refractivity contribution in [2.24, 2.45) is 5.73 Å². The molecule has 0 unspecified atom stereocenters. The van der Waals surface area contributed by atoms with E-state index in [1.165, 1.54) is 23.1 Å². The molecule has 2 amide bonds. The molecule has 0 saturated carbocycles. The third kappa shape index (κ3) is 3.10. The summed E-state index contributed by atoms with van der Waals surface area (Å²) in [5.41, 5.74) is 11.2. The van der Waals surface area contributed by atoms with Gasteiger partial charge in [-0.3, -0.25) is 14.3 Å². The maximum atomic E-state index is 13.1. The minimum Gasteiger partial charge on any atom is -0.398 e. The second kappa shape index (κ2) is 5.39. The summed E-state index contributed by atoms with van der Waals surface area (Å²) < 4.78 is 14.4. The summed E-state index contributed by atoms with van der Waals surface area (Å²) >= 11 is 0. The van der Waals surface area contributed by atoms with Gasteiger partial charge in [0.1, 0.15) is 12.4 Å². The van der Waals surface area contributed by atoms with Crippen molar-refractivity contribution < 1.29 is 14.0 Å². The van der Waals surface area contributed by atoms with Crippen molar-refractivity contribution in [3.05, 3.63) is 42.0 Å². The molecule has 20 heavy (non-hydrogen) atoms. The number of anilines is 2. The van der Waals surface area contributed by atoms with Crippen molar-refractivity contribution in [3.8, 4) is 0 Å². The highest BCUT2D eigenvalue weighted by atomic mass is 19.1. The predicted octanol–water partition coefficient (Wildman–Crippen LogP) is 0.342. The van der Waals surface area contributed by atoms with E-state index in [1.807, 2.05) is 0 Å². The van der Waals surface area contributed by atoms with Crippen LogP contribution in [-0.4, -0.2) is 21.6 Å². The Morgan fingerprint density at radius 3 is 2.85 bits per heavy atom. The van der Waals surface area contributed by atoms with Crippen LogP contribution >= 0.6 is 0 Å². The Labute approximate surface area is 113 Å². The van der Waals surface area contributed by atoms with Gasteiger partial charge in [-0.05, 0) is 18.2 Å². The number of carbonyl (C=O) groups is 2. The van der Waals surface area contributed by atoms with Crippen molar-refractivity contribution in [2.75, 3.05) is 11.1 Å². The van der Waals surface area contributed by atoms with Crippen LogP contribution in [-0.2, 0) is 11.3 Å². The number of carbonyl (C=O) groups excluding carboxylic acids is 2. The van der Waals surface area contributed by atoms with Gasteiger partial charge in [0.05, 0.1) is 17.4 Å². The average Bonchev–Trinajstić information content (AvgIpc) is 2.78. The fourth-order valence-corrected chi connectivity index (χ4v) is 1.60. The van der Waals surface area contributed by atoms with Crippen LogP contribution in [0.15, 0.2) is 30.6 Å². The standard InChI is InChI=1S/C12H12FN5O2/c13-7-1-2-10(14)9(3-7)12(20)17-8-4-16-18(5-8)6-11(15)19/h1-5H,6,14H2,(H2,15,19)(H,17,20). The first-order chi connectivity index (χ1) is 9.45. The molecule has 0 atom stereocenters. The van der Waals surface area contributed by atoms with Gasteiger partial charge in [0.2, 0.25) is 5.91 Å². The fourth-order valence-electron chi connectivity index (χ4n) is 1.60. The van der Waals surface area contributed by atoms with Crippen LogP contribution in [0.5, 0.6) is 0 Å². The lowest BCUT2D eigenvalue weighted by molar-refractivity contribution is -0.118. The van der Waals surface area contributed by atoms with Gasteiger partial charge in [0.15, 0.2) is 0 Å². The number of hydrogen-bond acceptors (Lipinski definition) is 4. The number of amides is 2. The Kier molecular flexibility index (Phi) is 3.65. The van der Waals surface area contributed by atoms with Crippen molar-refractivity contribution in [1.82, 2.24) is 9.78 Å². The van der Waals surface area contributed by atoms with Gasteiger partial charge in [-0.1, -0.05) is 0 Å². The van der Waals surface area contributed by atoms with E-state index in [-0.39, 0.29) is 17.8 Å². The van der Waals surface area contributed by atoms with Gasteiger partial charge < -0.3 is 16.8 Å². The van der Waals surface area contributed by atoms with Crippen LogP contribution in [0.25, 0.3) is 0 Å². The molecule has 7 nitrogen and oxygen atoms in total. The zero-order valence-corrected chi connectivity index (χ0v) is 10.3. The van der Waals surface area contributed by atoms with E-state index < -0.39 is 17.6 Å². The van der Waals surface area contributed by atoms with Gasteiger partial charge >= 0.3 is 0 Å². The summed E-state index contributed by atoms with van der Waals surface area (Å²) in [6.45, 7) is -0.0992. The van der Waals surface area contributed by atoms with Crippen LogP contribution in [0, 0.1) is 5.82 Å². The van der Waals surface area contributed by atoms with E-state index in [9.17, 15) is 14.0 Å². The highest BCUT2D eigenvalue weighted by Crippen LogP contribution is 2.15. The Hall–Kier alpha value is -2.90. The molecule has 1 heterocycles. The molecule has 0 spiro atoms. The molecule has 0 aliphatic carbocycles. The molecule has 0 fully saturated rings. The Morgan fingerprint density at radius 2 is 2.15 bits per heavy atom. The van der Waals surface area contributed by atoms with E-state index in [1.54, 1.807) is 0 Å². The maximum absolute atomic E-state index is 13.1. The smallest absolute Gasteiger partial charge is 0.257 e. The third-order valence-corrected chi connectivity index (χ3v) is 2.47. The highest BCUT2D eigenvalue weighted by molar-refractivity contribution is 6.07. The second-order valence-corrected chi connectivity index (χ2v) is 4.08. The molecule has 0 aliphatic rings. The Bertz CT molecular complexity index is 668. The van der Waals surface area contributed by atoms with Crippen LogP contribution in [0.3, 0.4) is 0 Å².